The van der Waals surface area contributed by atoms with Gasteiger partial charge in [-0.3, -0.25) is 4.79 Å². The summed E-state index contributed by atoms with van der Waals surface area (Å²) in [6, 6.07) is 8.20. The van der Waals surface area contributed by atoms with Crippen molar-refractivity contribution in [3.63, 3.8) is 0 Å². The lowest BCUT2D eigenvalue weighted by Gasteiger charge is -2.32. The van der Waals surface area contributed by atoms with Crippen molar-refractivity contribution >= 4 is 40.5 Å². The van der Waals surface area contributed by atoms with Gasteiger partial charge in [0.15, 0.2) is 5.13 Å². The van der Waals surface area contributed by atoms with Crippen LogP contribution in [0.2, 0.25) is 0 Å². The van der Waals surface area contributed by atoms with Crippen LogP contribution in [0, 0.1) is 0 Å². The SMILES string of the molecule is CN1CCN(c2nc(-c3cccc(N4CCCC4=O)c3)cs2)CC1.Cl. The maximum Gasteiger partial charge on any atom is 0.227 e. The summed E-state index contributed by atoms with van der Waals surface area (Å²) in [7, 11) is 2.16. The van der Waals surface area contributed by atoms with Crippen molar-refractivity contribution in [2.24, 2.45) is 0 Å². The number of likely N-dealkylation sites (N-methyl/N-ethyl adjacent to an activating group) is 1. The Bertz CT molecular complexity index is 742. The highest BCUT2D eigenvalue weighted by atomic mass is 35.5. The quantitative estimate of drug-likeness (QED) is 0.822. The van der Waals surface area contributed by atoms with Crippen LogP contribution in [0.25, 0.3) is 11.3 Å². The standard InChI is InChI=1S/C18H22N4OS.ClH/c1-20-8-10-21(11-9-20)18-19-16(13-24-18)14-4-2-5-15(12-14)22-7-3-6-17(22)23;/h2,4-5,12-13H,3,6-11H2,1H3;1H. The molecule has 0 spiro atoms. The van der Waals surface area contributed by atoms with E-state index in [0.717, 1.165) is 61.2 Å². The number of anilines is 2. The Hall–Kier alpha value is -1.63. The Labute approximate surface area is 158 Å². The molecule has 3 heterocycles. The molecule has 0 unspecified atom stereocenters. The van der Waals surface area contributed by atoms with Crippen molar-refractivity contribution in [2.75, 3.05) is 49.6 Å². The van der Waals surface area contributed by atoms with Crippen LogP contribution in [0.4, 0.5) is 10.8 Å². The Kier molecular flexibility index (Phi) is 5.61. The largest absolute Gasteiger partial charge is 0.346 e. The van der Waals surface area contributed by atoms with E-state index in [1.165, 1.54) is 0 Å². The number of carbonyl (C=O) groups excluding carboxylic acids is 1. The smallest absolute Gasteiger partial charge is 0.227 e. The average molecular weight is 379 g/mol. The van der Waals surface area contributed by atoms with Crippen molar-refractivity contribution in [1.29, 1.82) is 0 Å². The molecule has 7 heteroatoms. The number of benzene rings is 1. The molecule has 2 aliphatic heterocycles. The molecule has 0 N–H and O–H groups in total. The van der Waals surface area contributed by atoms with E-state index < -0.39 is 0 Å². The molecule has 0 atom stereocenters. The van der Waals surface area contributed by atoms with Gasteiger partial charge in [-0.05, 0) is 25.6 Å². The number of halogens is 1. The van der Waals surface area contributed by atoms with E-state index in [2.05, 4.69) is 34.4 Å². The van der Waals surface area contributed by atoms with E-state index in [1.807, 2.05) is 17.0 Å². The average Bonchev–Trinajstić information content (AvgIpc) is 3.25. The van der Waals surface area contributed by atoms with Crippen LogP contribution >= 0.6 is 23.7 Å². The van der Waals surface area contributed by atoms with E-state index >= 15 is 0 Å². The Morgan fingerprint density at radius 3 is 2.64 bits per heavy atom. The van der Waals surface area contributed by atoms with Gasteiger partial charge in [-0.15, -0.1) is 23.7 Å². The molecule has 2 fully saturated rings. The van der Waals surface area contributed by atoms with E-state index in [0.29, 0.717) is 6.42 Å². The monoisotopic (exact) mass is 378 g/mol. The third kappa shape index (κ3) is 3.81. The normalized spacial score (nSPS) is 18.5. The number of piperazine rings is 1. The van der Waals surface area contributed by atoms with Crippen molar-refractivity contribution < 1.29 is 4.79 Å². The minimum absolute atomic E-state index is 0. The van der Waals surface area contributed by atoms with Crippen LogP contribution in [0.5, 0.6) is 0 Å². The minimum Gasteiger partial charge on any atom is -0.346 e. The van der Waals surface area contributed by atoms with E-state index in [1.54, 1.807) is 11.3 Å². The Balaban J connectivity index is 0.00000182. The highest BCUT2D eigenvalue weighted by molar-refractivity contribution is 7.14. The first-order valence-corrected chi connectivity index (χ1v) is 9.38. The second kappa shape index (κ2) is 7.72. The molecule has 5 nitrogen and oxygen atoms in total. The number of carbonyl (C=O) groups is 1. The topological polar surface area (TPSA) is 39.7 Å². The van der Waals surface area contributed by atoms with Crippen molar-refractivity contribution in [1.82, 2.24) is 9.88 Å². The van der Waals surface area contributed by atoms with Crippen LogP contribution in [0.1, 0.15) is 12.8 Å². The lowest BCUT2D eigenvalue weighted by molar-refractivity contribution is -0.117. The highest BCUT2D eigenvalue weighted by Gasteiger charge is 2.22. The molecule has 0 saturated carbocycles. The van der Waals surface area contributed by atoms with Gasteiger partial charge >= 0.3 is 0 Å². The van der Waals surface area contributed by atoms with E-state index in [-0.39, 0.29) is 18.3 Å². The zero-order valence-electron chi connectivity index (χ0n) is 14.4. The summed E-state index contributed by atoms with van der Waals surface area (Å²) in [4.78, 5) is 23.4. The van der Waals surface area contributed by atoms with Gasteiger partial charge < -0.3 is 14.7 Å². The number of hydrogen-bond acceptors (Lipinski definition) is 5. The van der Waals surface area contributed by atoms with Gasteiger partial charge in [0.2, 0.25) is 5.91 Å². The molecule has 0 radical (unpaired) electrons. The predicted octanol–water partition coefficient (Wildman–Crippen LogP) is 3.11. The zero-order chi connectivity index (χ0) is 16.5. The highest BCUT2D eigenvalue weighted by Crippen LogP contribution is 2.31. The first-order chi connectivity index (χ1) is 11.7. The second-order valence-electron chi connectivity index (χ2n) is 6.50. The number of amides is 1. The maximum absolute atomic E-state index is 12.0. The number of rotatable bonds is 3. The van der Waals surface area contributed by atoms with Gasteiger partial charge in [-0.2, -0.15) is 0 Å². The Morgan fingerprint density at radius 1 is 1.12 bits per heavy atom. The summed E-state index contributed by atoms with van der Waals surface area (Å²) in [6.45, 7) is 5.06. The van der Waals surface area contributed by atoms with Gasteiger partial charge in [0.05, 0.1) is 5.69 Å². The minimum atomic E-state index is 0. The first kappa shape index (κ1) is 18.2. The molecule has 0 aliphatic carbocycles. The summed E-state index contributed by atoms with van der Waals surface area (Å²) >= 11 is 1.71. The molecular weight excluding hydrogens is 356 g/mol. The van der Waals surface area contributed by atoms with E-state index in [9.17, 15) is 4.79 Å². The number of aromatic nitrogens is 1. The molecule has 1 amide bonds. The molecule has 1 aromatic carbocycles. The number of hydrogen-bond donors (Lipinski definition) is 0. The molecule has 25 heavy (non-hydrogen) atoms. The molecule has 2 saturated heterocycles. The van der Waals surface area contributed by atoms with Gasteiger partial charge in [0.1, 0.15) is 0 Å². The molecule has 134 valence electrons. The van der Waals surface area contributed by atoms with Gasteiger partial charge in [-0.1, -0.05) is 12.1 Å². The molecule has 2 aliphatic rings. The molecule has 2 aromatic rings. The molecule has 4 rings (SSSR count). The van der Waals surface area contributed by atoms with Crippen molar-refractivity contribution in [3.05, 3.63) is 29.6 Å². The van der Waals surface area contributed by atoms with Gasteiger partial charge in [0.25, 0.3) is 0 Å². The fourth-order valence-corrected chi connectivity index (χ4v) is 4.18. The van der Waals surface area contributed by atoms with Crippen molar-refractivity contribution in [3.8, 4) is 11.3 Å². The Morgan fingerprint density at radius 2 is 1.92 bits per heavy atom. The third-order valence-corrected chi connectivity index (χ3v) is 5.69. The molecular formula is C18H23ClN4OS. The lowest BCUT2D eigenvalue weighted by atomic mass is 10.1. The van der Waals surface area contributed by atoms with Crippen LogP contribution < -0.4 is 9.80 Å². The van der Waals surface area contributed by atoms with Crippen LogP contribution in [-0.4, -0.2) is 55.6 Å². The van der Waals surface area contributed by atoms with E-state index in [4.69, 9.17) is 4.98 Å². The first-order valence-electron chi connectivity index (χ1n) is 8.50. The van der Waals surface area contributed by atoms with Crippen LogP contribution in [-0.2, 0) is 4.79 Å². The maximum atomic E-state index is 12.0. The number of nitrogens with zero attached hydrogens (tertiary/aromatic N) is 4. The zero-order valence-corrected chi connectivity index (χ0v) is 16.0. The third-order valence-electron chi connectivity index (χ3n) is 4.79. The second-order valence-corrected chi connectivity index (χ2v) is 7.34. The van der Waals surface area contributed by atoms with Crippen LogP contribution in [0.15, 0.2) is 29.6 Å². The summed E-state index contributed by atoms with van der Waals surface area (Å²) < 4.78 is 0. The lowest BCUT2D eigenvalue weighted by Crippen LogP contribution is -2.44. The summed E-state index contributed by atoms with van der Waals surface area (Å²) in [5.41, 5.74) is 3.08. The van der Waals surface area contributed by atoms with Crippen LogP contribution in [0.3, 0.4) is 0 Å². The fourth-order valence-electron chi connectivity index (χ4n) is 3.29. The van der Waals surface area contributed by atoms with Gasteiger partial charge in [0, 0.05) is 55.8 Å². The summed E-state index contributed by atoms with van der Waals surface area (Å²) in [5, 5.41) is 3.22. The van der Waals surface area contributed by atoms with Gasteiger partial charge in [-0.25, -0.2) is 4.98 Å². The molecule has 0 bridgehead atoms. The summed E-state index contributed by atoms with van der Waals surface area (Å²) in [5.74, 6) is 0.226. The number of thiazole rings is 1. The molecule has 1 aromatic heterocycles. The predicted molar refractivity (Wildman–Crippen MR) is 106 cm³/mol. The fraction of sp³-hybridized carbons (Fsp3) is 0.444. The summed E-state index contributed by atoms with van der Waals surface area (Å²) in [6.07, 6.45) is 1.61. The van der Waals surface area contributed by atoms with Crippen molar-refractivity contribution in [2.45, 2.75) is 12.8 Å².